The van der Waals surface area contributed by atoms with Crippen molar-refractivity contribution in [1.82, 2.24) is 35.2 Å². The van der Waals surface area contributed by atoms with Gasteiger partial charge in [0.05, 0.1) is 23.8 Å². The summed E-state index contributed by atoms with van der Waals surface area (Å²) in [6.45, 7) is 4.46. The van der Waals surface area contributed by atoms with Crippen molar-refractivity contribution in [3.05, 3.63) is 40.9 Å². The van der Waals surface area contributed by atoms with E-state index >= 15 is 0 Å². The highest BCUT2D eigenvalue weighted by atomic mass is 35.5. The van der Waals surface area contributed by atoms with Crippen LogP contribution in [0.25, 0.3) is 11.0 Å². The zero-order chi connectivity index (χ0) is 19.3. The van der Waals surface area contributed by atoms with Crippen LogP contribution in [0.5, 0.6) is 0 Å². The lowest BCUT2D eigenvalue weighted by Crippen LogP contribution is -2.32. The Morgan fingerprint density at radius 2 is 2.07 bits per heavy atom. The van der Waals surface area contributed by atoms with Crippen LogP contribution in [0.2, 0.25) is 5.02 Å². The zero-order valence-electron chi connectivity index (χ0n) is 15.7. The molecule has 4 rings (SSSR count). The van der Waals surface area contributed by atoms with E-state index in [4.69, 9.17) is 11.6 Å². The highest BCUT2D eigenvalue weighted by Crippen LogP contribution is 2.17. The Hall–Kier alpha value is -2.45. The van der Waals surface area contributed by atoms with Crippen LogP contribution in [0, 0.1) is 0 Å². The van der Waals surface area contributed by atoms with Crippen molar-refractivity contribution in [3.8, 4) is 0 Å². The molecule has 9 heteroatoms. The quantitative estimate of drug-likeness (QED) is 0.633. The number of imidazole rings is 1. The minimum absolute atomic E-state index is 0.219. The van der Waals surface area contributed by atoms with Gasteiger partial charge in [-0.05, 0) is 44.1 Å². The molecule has 1 saturated heterocycles. The molecule has 1 fully saturated rings. The lowest BCUT2D eigenvalue weighted by molar-refractivity contribution is 0.0949. The molecule has 0 radical (unpaired) electrons. The molecule has 1 aromatic carbocycles. The van der Waals surface area contributed by atoms with E-state index in [0.29, 0.717) is 23.7 Å². The van der Waals surface area contributed by atoms with Crippen LogP contribution in [0.3, 0.4) is 0 Å². The molecule has 28 heavy (non-hydrogen) atoms. The molecule has 0 atom stereocenters. The first-order chi connectivity index (χ1) is 13.7. The number of rotatable bonds is 7. The third kappa shape index (κ3) is 4.69. The molecule has 0 spiro atoms. The van der Waals surface area contributed by atoms with Crippen molar-refractivity contribution < 1.29 is 4.79 Å². The van der Waals surface area contributed by atoms with Gasteiger partial charge in [0, 0.05) is 24.5 Å². The van der Waals surface area contributed by atoms with Crippen molar-refractivity contribution in [2.24, 2.45) is 0 Å². The molecule has 8 nitrogen and oxygen atoms in total. The number of aromatic amines is 1. The largest absolute Gasteiger partial charge is 0.350 e. The molecular weight excluding hydrogens is 378 g/mol. The first kappa shape index (κ1) is 18.9. The maximum atomic E-state index is 12.3. The predicted molar refractivity (Wildman–Crippen MR) is 107 cm³/mol. The van der Waals surface area contributed by atoms with E-state index < -0.39 is 0 Å². The van der Waals surface area contributed by atoms with Crippen LogP contribution < -0.4 is 5.32 Å². The second kappa shape index (κ2) is 8.70. The van der Waals surface area contributed by atoms with Gasteiger partial charge in [-0.15, -0.1) is 5.10 Å². The lowest BCUT2D eigenvalue weighted by Gasteiger charge is -2.25. The van der Waals surface area contributed by atoms with E-state index in [1.807, 2.05) is 18.2 Å². The van der Waals surface area contributed by atoms with Crippen LogP contribution >= 0.6 is 11.6 Å². The fourth-order valence-corrected chi connectivity index (χ4v) is 3.65. The molecule has 1 aliphatic heterocycles. The molecular formula is C19H24ClN7O. The van der Waals surface area contributed by atoms with Gasteiger partial charge in [-0.2, -0.15) is 0 Å². The van der Waals surface area contributed by atoms with Crippen LogP contribution in [0.15, 0.2) is 24.4 Å². The van der Waals surface area contributed by atoms with Gasteiger partial charge in [-0.25, -0.2) is 4.98 Å². The Bertz CT molecular complexity index is 945. The number of likely N-dealkylation sites (tertiary alicyclic amines) is 1. The molecule has 148 valence electrons. The minimum Gasteiger partial charge on any atom is -0.350 e. The summed E-state index contributed by atoms with van der Waals surface area (Å²) in [5.41, 5.74) is 2.10. The van der Waals surface area contributed by atoms with E-state index in [1.54, 1.807) is 10.9 Å². The summed E-state index contributed by atoms with van der Waals surface area (Å²) in [4.78, 5) is 22.4. The van der Waals surface area contributed by atoms with Crippen LogP contribution in [0.1, 0.15) is 35.6 Å². The fraction of sp³-hybridized carbons (Fsp3) is 0.474. The molecule has 1 amide bonds. The minimum atomic E-state index is -0.219. The molecule has 0 saturated carbocycles. The predicted octanol–water partition coefficient (Wildman–Crippen LogP) is 2.27. The van der Waals surface area contributed by atoms with Gasteiger partial charge >= 0.3 is 0 Å². The monoisotopic (exact) mass is 401 g/mol. The first-order valence-corrected chi connectivity index (χ1v) is 10.1. The van der Waals surface area contributed by atoms with Crippen molar-refractivity contribution in [3.63, 3.8) is 0 Å². The number of halogens is 1. The summed E-state index contributed by atoms with van der Waals surface area (Å²) in [5.74, 6) is 0.589. The van der Waals surface area contributed by atoms with Gasteiger partial charge in [0.25, 0.3) is 5.91 Å². The number of carbonyl (C=O) groups excluding carboxylic acids is 1. The second-order valence-corrected chi connectivity index (χ2v) is 7.56. The highest BCUT2D eigenvalue weighted by Gasteiger charge is 2.13. The molecule has 2 N–H and O–H groups in total. The number of nitrogens with zero attached hydrogens (tertiary/aromatic N) is 5. The van der Waals surface area contributed by atoms with Crippen molar-refractivity contribution in [2.75, 3.05) is 26.2 Å². The van der Waals surface area contributed by atoms with E-state index in [9.17, 15) is 4.79 Å². The molecule has 3 heterocycles. The number of piperidine rings is 1. The Balaban J connectivity index is 1.24. The number of hydrogen-bond acceptors (Lipinski definition) is 5. The van der Waals surface area contributed by atoms with Crippen LogP contribution in [-0.4, -0.2) is 61.9 Å². The number of hydrogen-bond donors (Lipinski definition) is 2. The summed E-state index contributed by atoms with van der Waals surface area (Å²) >= 11 is 5.99. The third-order valence-corrected chi connectivity index (χ3v) is 5.24. The number of nitrogens with one attached hydrogen (secondary N) is 2. The van der Waals surface area contributed by atoms with E-state index in [1.165, 1.54) is 19.3 Å². The normalized spacial score (nSPS) is 15.2. The molecule has 2 aromatic heterocycles. The van der Waals surface area contributed by atoms with Gasteiger partial charge in [-0.1, -0.05) is 23.2 Å². The Morgan fingerprint density at radius 3 is 2.93 bits per heavy atom. The summed E-state index contributed by atoms with van der Waals surface area (Å²) in [5, 5.41) is 11.6. The van der Waals surface area contributed by atoms with Gasteiger partial charge in [0.15, 0.2) is 5.69 Å². The standard InChI is InChI=1S/C19H24ClN7O/c20-14-4-5-15-16(12-14)23-18(22-15)6-7-21-19(28)17-13-27(25-24-17)11-10-26-8-2-1-3-9-26/h4-5,12-13H,1-3,6-11H2,(H,21,28)(H,22,23). The van der Waals surface area contributed by atoms with E-state index in [0.717, 1.165) is 43.0 Å². The highest BCUT2D eigenvalue weighted by molar-refractivity contribution is 6.31. The zero-order valence-corrected chi connectivity index (χ0v) is 16.5. The summed E-state index contributed by atoms with van der Waals surface area (Å²) < 4.78 is 1.74. The fourth-order valence-electron chi connectivity index (χ4n) is 3.48. The lowest BCUT2D eigenvalue weighted by atomic mass is 10.1. The molecule has 0 bridgehead atoms. The van der Waals surface area contributed by atoms with Crippen molar-refractivity contribution in [1.29, 1.82) is 0 Å². The summed E-state index contributed by atoms with van der Waals surface area (Å²) in [6.07, 6.45) is 6.17. The van der Waals surface area contributed by atoms with Gasteiger partial charge in [0.1, 0.15) is 5.82 Å². The average molecular weight is 402 g/mol. The smallest absolute Gasteiger partial charge is 0.273 e. The van der Waals surface area contributed by atoms with Crippen molar-refractivity contribution >= 4 is 28.5 Å². The number of benzene rings is 1. The molecule has 1 aliphatic rings. The number of amides is 1. The number of fused-ring (bicyclic) bond motifs is 1. The van der Waals surface area contributed by atoms with Gasteiger partial charge in [0.2, 0.25) is 0 Å². The third-order valence-electron chi connectivity index (χ3n) is 5.01. The van der Waals surface area contributed by atoms with Crippen LogP contribution in [0.4, 0.5) is 0 Å². The maximum absolute atomic E-state index is 12.3. The Labute approximate surface area is 168 Å². The summed E-state index contributed by atoms with van der Waals surface area (Å²) in [7, 11) is 0. The average Bonchev–Trinajstić information content (AvgIpc) is 3.33. The Morgan fingerprint density at radius 1 is 1.21 bits per heavy atom. The van der Waals surface area contributed by atoms with Crippen LogP contribution in [-0.2, 0) is 13.0 Å². The molecule has 0 unspecified atom stereocenters. The maximum Gasteiger partial charge on any atom is 0.273 e. The van der Waals surface area contributed by atoms with Crippen molar-refractivity contribution in [2.45, 2.75) is 32.2 Å². The second-order valence-electron chi connectivity index (χ2n) is 7.12. The molecule has 0 aliphatic carbocycles. The van der Waals surface area contributed by atoms with Gasteiger partial charge < -0.3 is 15.2 Å². The summed E-state index contributed by atoms with van der Waals surface area (Å²) in [6, 6.07) is 5.53. The van der Waals surface area contributed by atoms with E-state index in [2.05, 4.69) is 30.5 Å². The first-order valence-electron chi connectivity index (χ1n) is 9.72. The Kier molecular flexibility index (Phi) is 5.87. The topological polar surface area (TPSA) is 91.7 Å². The number of aromatic nitrogens is 5. The SMILES string of the molecule is O=C(NCCc1nc2ccc(Cl)cc2[nH]1)c1cn(CCN2CCCCC2)nn1. The van der Waals surface area contributed by atoms with E-state index in [-0.39, 0.29) is 5.91 Å². The van der Waals surface area contributed by atoms with Gasteiger partial charge in [-0.3, -0.25) is 9.48 Å². The number of H-pyrrole nitrogens is 1. The molecule has 3 aromatic rings. The number of carbonyl (C=O) groups is 1.